The number of aromatic hydroxyl groups is 1. The van der Waals surface area contributed by atoms with E-state index in [1.54, 1.807) is 4.90 Å². The maximum absolute atomic E-state index is 13.4. The van der Waals surface area contributed by atoms with Gasteiger partial charge in [-0.1, -0.05) is 27.7 Å². The van der Waals surface area contributed by atoms with E-state index in [1.165, 1.54) is 0 Å². The summed E-state index contributed by atoms with van der Waals surface area (Å²) in [4.78, 5) is 28.0. The van der Waals surface area contributed by atoms with Gasteiger partial charge in [-0.15, -0.1) is 0 Å². The number of carboxylic acids is 1. The molecule has 172 valence electrons. The molecule has 0 saturated carbocycles. The maximum Gasteiger partial charge on any atom is 0.317 e. The van der Waals surface area contributed by atoms with Gasteiger partial charge in [-0.25, -0.2) is 0 Å². The van der Waals surface area contributed by atoms with Crippen LogP contribution in [0.25, 0.3) is 0 Å². The van der Waals surface area contributed by atoms with Gasteiger partial charge in [0, 0.05) is 49.3 Å². The number of aliphatic carboxylic acids is 1. The number of hydrogen-bond acceptors (Lipinski definition) is 5. The maximum atomic E-state index is 13.4. The molecule has 3 rings (SSSR count). The summed E-state index contributed by atoms with van der Waals surface area (Å²) in [7, 11) is 0. The zero-order valence-electron chi connectivity index (χ0n) is 19.6. The van der Waals surface area contributed by atoms with Crippen molar-refractivity contribution >= 4 is 11.9 Å². The van der Waals surface area contributed by atoms with Gasteiger partial charge >= 0.3 is 5.97 Å². The molecule has 0 bridgehead atoms. The summed E-state index contributed by atoms with van der Waals surface area (Å²) in [6.45, 7) is 14.2. The lowest BCUT2D eigenvalue weighted by molar-refractivity contribution is -0.150. The molecule has 1 unspecified atom stereocenters. The highest BCUT2D eigenvalue weighted by Crippen LogP contribution is 2.48. The van der Waals surface area contributed by atoms with Crippen molar-refractivity contribution in [3.05, 3.63) is 22.3 Å². The van der Waals surface area contributed by atoms with E-state index < -0.39 is 11.6 Å². The van der Waals surface area contributed by atoms with Crippen LogP contribution < -0.4 is 4.74 Å². The molecule has 1 saturated heterocycles. The summed E-state index contributed by atoms with van der Waals surface area (Å²) < 4.78 is 6.48. The SMILES string of the molecule is Cc1c2c(c(C(C)C)c(O)c1C(C)C)CCC(C)(C(=O)N1CCN(CC(=O)O)CC1)O2. The van der Waals surface area contributed by atoms with E-state index in [4.69, 9.17) is 9.84 Å². The standard InChI is InChI=1S/C24H36N2O5/c1-14(2)19-16(5)22-17(20(15(3)4)21(19)29)7-8-24(6,31-22)23(30)26-11-9-25(10-12-26)13-18(27)28/h14-15,29H,7-13H2,1-6H3,(H,27,28). The van der Waals surface area contributed by atoms with Crippen LogP contribution in [0.5, 0.6) is 11.5 Å². The lowest BCUT2D eigenvalue weighted by atomic mass is 9.81. The molecule has 2 aliphatic rings. The Bertz CT molecular complexity index is 871. The molecule has 1 atom stereocenters. The first-order valence-electron chi connectivity index (χ1n) is 11.3. The van der Waals surface area contributed by atoms with Crippen LogP contribution in [0.15, 0.2) is 0 Å². The van der Waals surface area contributed by atoms with Crippen LogP contribution in [-0.2, 0) is 16.0 Å². The van der Waals surface area contributed by atoms with Gasteiger partial charge < -0.3 is 19.8 Å². The van der Waals surface area contributed by atoms with E-state index in [9.17, 15) is 14.7 Å². The predicted molar refractivity (Wildman–Crippen MR) is 119 cm³/mol. The first-order valence-corrected chi connectivity index (χ1v) is 11.3. The first-order chi connectivity index (χ1) is 14.5. The molecule has 0 spiro atoms. The Morgan fingerprint density at radius 2 is 1.65 bits per heavy atom. The number of carboxylic acid groups (broad SMARTS) is 1. The third-order valence-electron chi connectivity index (χ3n) is 6.66. The second-order valence-corrected chi connectivity index (χ2v) is 9.71. The minimum atomic E-state index is -0.966. The van der Waals surface area contributed by atoms with Crippen LogP contribution in [-0.4, -0.2) is 70.2 Å². The van der Waals surface area contributed by atoms with Crippen LogP contribution in [0.2, 0.25) is 0 Å². The van der Waals surface area contributed by atoms with Gasteiger partial charge in [-0.05, 0) is 37.7 Å². The van der Waals surface area contributed by atoms with Gasteiger partial charge in [-0.3, -0.25) is 14.5 Å². The zero-order chi connectivity index (χ0) is 23.1. The average molecular weight is 433 g/mol. The van der Waals surface area contributed by atoms with Crippen LogP contribution in [0.3, 0.4) is 0 Å². The highest BCUT2D eigenvalue weighted by atomic mass is 16.5. The first kappa shape index (κ1) is 23.4. The van der Waals surface area contributed by atoms with Gasteiger partial charge in [-0.2, -0.15) is 0 Å². The molecule has 2 aliphatic heterocycles. The van der Waals surface area contributed by atoms with Gasteiger partial charge in [0.2, 0.25) is 0 Å². The topological polar surface area (TPSA) is 90.3 Å². The molecule has 1 fully saturated rings. The molecule has 1 amide bonds. The molecule has 2 N–H and O–H groups in total. The Hall–Kier alpha value is -2.28. The minimum Gasteiger partial charge on any atom is -0.507 e. The van der Waals surface area contributed by atoms with Gasteiger partial charge in [0.05, 0.1) is 6.54 Å². The quantitative estimate of drug-likeness (QED) is 0.742. The van der Waals surface area contributed by atoms with Crippen molar-refractivity contribution < 1.29 is 24.5 Å². The average Bonchev–Trinajstić information content (AvgIpc) is 2.68. The van der Waals surface area contributed by atoms with E-state index in [-0.39, 0.29) is 24.3 Å². The Morgan fingerprint density at radius 1 is 1.06 bits per heavy atom. The van der Waals surface area contributed by atoms with Gasteiger partial charge in [0.1, 0.15) is 11.5 Å². The summed E-state index contributed by atoms with van der Waals surface area (Å²) in [6.07, 6.45) is 1.23. The van der Waals surface area contributed by atoms with Crippen LogP contribution in [0.1, 0.15) is 75.1 Å². The van der Waals surface area contributed by atoms with Gasteiger partial charge in [0.15, 0.2) is 5.60 Å². The van der Waals surface area contributed by atoms with Crippen molar-refractivity contribution in [1.82, 2.24) is 9.80 Å². The van der Waals surface area contributed by atoms with Crippen molar-refractivity contribution in [1.29, 1.82) is 0 Å². The number of piperazine rings is 1. The van der Waals surface area contributed by atoms with Crippen LogP contribution >= 0.6 is 0 Å². The minimum absolute atomic E-state index is 0.00181. The number of rotatable bonds is 5. The predicted octanol–water partition coefficient (Wildman–Crippen LogP) is 3.26. The van der Waals surface area contributed by atoms with Crippen molar-refractivity contribution in [2.24, 2.45) is 0 Å². The number of benzene rings is 1. The molecule has 31 heavy (non-hydrogen) atoms. The summed E-state index contributed by atoms with van der Waals surface area (Å²) in [6, 6.07) is 0. The Kier molecular flexibility index (Phi) is 6.56. The molecule has 0 aromatic heterocycles. The molecule has 2 heterocycles. The summed E-state index contributed by atoms with van der Waals surface area (Å²) in [5.74, 6) is 0.513. The second-order valence-electron chi connectivity index (χ2n) is 9.71. The van der Waals surface area contributed by atoms with Crippen molar-refractivity contribution in [2.75, 3.05) is 32.7 Å². The van der Waals surface area contributed by atoms with E-state index in [2.05, 4.69) is 27.7 Å². The molecular formula is C24H36N2O5. The molecule has 1 aromatic rings. The number of carbonyl (C=O) groups excluding carboxylic acids is 1. The fourth-order valence-corrected chi connectivity index (χ4v) is 5.08. The Morgan fingerprint density at radius 3 is 2.16 bits per heavy atom. The van der Waals surface area contributed by atoms with Crippen molar-refractivity contribution in [3.63, 3.8) is 0 Å². The number of amides is 1. The number of ether oxygens (including phenoxy) is 1. The van der Waals surface area contributed by atoms with Gasteiger partial charge in [0.25, 0.3) is 5.91 Å². The molecule has 7 nitrogen and oxygen atoms in total. The number of phenolic OH excluding ortho intramolecular Hbond substituents is 1. The second kappa shape index (κ2) is 8.69. The van der Waals surface area contributed by atoms with Crippen LogP contribution in [0.4, 0.5) is 0 Å². The Balaban J connectivity index is 1.89. The number of fused-ring (bicyclic) bond motifs is 1. The molecule has 7 heteroatoms. The van der Waals surface area contributed by atoms with E-state index in [0.29, 0.717) is 44.8 Å². The molecule has 0 radical (unpaired) electrons. The van der Waals surface area contributed by atoms with E-state index in [0.717, 1.165) is 28.0 Å². The van der Waals surface area contributed by atoms with Crippen molar-refractivity contribution in [2.45, 2.75) is 71.8 Å². The van der Waals surface area contributed by atoms with Crippen LogP contribution in [0, 0.1) is 6.92 Å². The highest BCUT2D eigenvalue weighted by Gasteiger charge is 2.44. The number of nitrogens with zero attached hydrogens (tertiary/aromatic N) is 2. The number of carbonyl (C=O) groups is 2. The number of hydrogen-bond donors (Lipinski definition) is 2. The molecule has 0 aliphatic carbocycles. The highest BCUT2D eigenvalue weighted by molar-refractivity contribution is 5.86. The van der Waals surface area contributed by atoms with E-state index >= 15 is 0 Å². The summed E-state index contributed by atoms with van der Waals surface area (Å²) in [5, 5.41) is 20.0. The molecule has 1 aromatic carbocycles. The fraction of sp³-hybridized carbons (Fsp3) is 0.667. The summed E-state index contributed by atoms with van der Waals surface area (Å²) in [5.41, 5.74) is 2.79. The molecular weight excluding hydrogens is 396 g/mol. The third kappa shape index (κ3) is 4.38. The van der Waals surface area contributed by atoms with E-state index in [1.807, 2.05) is 18.7 Å². The lowest BCUT2D eigenvalue weighted by Crippen LogP contribution is -2.58. The normalized spacial score (nSPS) is 21.9. The summed E-state index contributed by atoms with van der Waals surface area (Å²) >= 11 is 0. The van der Waals surface area contributed by atoms with Crippen molar-refractivity contribution in [3.8, 4) is 11.5 Å². The Labute approximate surface area is 185 Å². The largest absolute Gasteiger partial charge is 0.507 e. The smallest absolute Gasteiger partial charge is 0.317 e. The monoisotopic (exact) mass is 432 g/mol. The zero-order valence-corrected chi connectivity index (χ0v) is 19.6. The lowest BCUT2D eigenvalue weighted by Gasteiger charge is -2.42. The number of phenols is 1. The third-order valence-corrected chi connectivity index (χ3v) is 6.66. The fourth-order valence-electron chi connectivity index (χ4n) is 5.08.